The quantitative estimate of drug-likeness (QED) is 0.667. The van der Waals surface area contributed by atoms with E-state index >= 15 is 0 Å². The lowest BCUT2D eigenvalue weighted by molar-refractivity contribution is 0.165. The van der Waals surface area contributed by atoms with Crippen molar-refractivity contribution in [2.24, 2.45) is 5.92 Å². The zero-order valence-corrected chi connectivity index (χ0v) is 9.51. The van der Waals surface area contributed by atoms with Gasteiger partial charge in [-0.3, -0.25) is 0 Å². The molecule has 0 spiro atoms. The van der Waals surface area contributed by atoms with Gasteiger partial charge in [0.2, 0.25) is 0 Å². The molecule has 1 N–H and O–H groups in total. The van der Waals surface area contributed by atoms with E-state index in [2.05, 4.69) is 37.9 Å². The van der Waals surface area contributed by atoms with Crippen LogP contribution in [0.3, 0.4) is 0 Å². The van der Waals surface area contributed by atoms with Gasteiger partial charge in [0, 0.05) is 18.6 Å². The molecule has 1 rings (SSSR count). The van der Waals surface area contributed by atoms with Crippen LogP contribution >= 0.6 is 0 Å². The zero-order valence-electron chi connectivity index (χ0n) is 9.51. The van der Waals surface area contributed by atoms with E-state index in [4.69, 9.17) is 0 Å². The van der Waals surface area contributed by atoms with Crippen LogP contribution in [0, 0.1) is 5.92 Å². The summed E-state index contributed by atoms with van der Waals surface area (Å²) < 4.78 is 0. The third-order valence-electron chi connectivity index (χ3n) is 2.94. The van der Waals surface area contributed by atoms with Crippen LogP contribution in [-0.4, -0.2) is 36.6 Å². The van der Waals surface area contributed by atoms with E-state index in [0.717, 1.165) is 5.92 Å². The van der Waals surface area contributed by atoms with Crippen molar-refractivity contribution in [3.63, 3.8) is 0 Å². The number of nitrogens with zero attached hydrogens (tertiary/aromatic N) is 1. The Labute approximate surface area is 82.7 Å². The Morgan fingerprint density at radius 2 is 2.00 bits per heavy atom. The van der Waals surface area contributed by atoms with Crippen LogP contribution in [0.5, 0.6) is 0 Å². The van der Waals surface area contributed by atoms with E-state index in [1.807, 2.05) is 0 Å². The van der Waals surface area contributed by atoms with Crippen molar-refractivity contribution >= 4 is 0 Å². The molecule has 0 amide bonds. The lowest BCUT2D eigenvalue weighted by Gasteiger charge is -2.33. The largest absolute Gasteiger partial charge is 0.314 e. The van der Waals surface area contributed by atoms with Crippen LogP contribution in [0.15, 0.2) is 0 Å². The first-order chi connectivity index (χ1) is 6.09. The minimum absolute atomic E-state index is 0.684. The monoisotopic (exact) mass is 184 g/mol. The topological polar surface area (TPSA) is 15.3 Å². The van der Waals surface area contributed by atoms with Crippen molar-refractivity contribution < 1.29 is 0 Å². The molecule has 0 aromatic heterocycles. The van der Waals surface area contributed by atoms with Crippen LogP contribution in [0.2, 0.25) is 0 Å². The third kappa shape index (κ3) is 3.65. The van der Waals surface area contributed by atoms with Crippen LogP contribution in [-0.2, 0) is 0 Å². The first kappa shape index (κ1) is 11.0. The predicted octanol–water partition coefficient (Wildman–Crippen LogP) is 1.71. The van der Waals surface area contributed by atoms with Gasteiger partial charge in [-0.25, -0.2) is 0 Å². The highest BCUT2D eigenvalue weighted by Gasteiger charge is 2.17. The normalized spacial score (nSPS) is 33.0. The van der Waals surface area contributed by atoms with Crippen LogP contribution in [0.25, 0.3) is 0 Å². The fourth-order valence-electron chi connectivity index (χ4n) is 1.89. The van der Waals surface area contributed by atoms with Gasteiger partial charge < -0.3 is 10.2 Å². The van der Waals surface area contributed by atoms with Gasteiger partial charge in [0.15, 0.2) is 0 Å². The highest BCUT2D eigenvalue weighted by atomic mass is 15.2. The molecular weight excluding hydrogens is 160 g/mol. The number of nitrogens with one attached hydrogen (secondary N) is 1. The molecule has 0 radical (unpaired) electrons. The van der Waals surface area contributed by atoms with Crippen molar-refractivity contribution in [1.82, 2.24) is 10.2 Å². The van der Waals surface area contributed by atoms with Crippen molar-refractivity contribution in [2.45, 2.75) is 46.2 Å². The van der Waals surface area contributed by atoms with Crippen LogP contribution < -0.4 is 5.32 Å². The molecule has 0 aliphatic carbocycles. The van der Waals surface area contributed by atoms with Gasteiger partial charge in [-0.2, -0.15) is 0 Å². The smallest absolute Gasteiger partial charge is 0.00510 e. The van der Waals surface area contributed by atoms with E-state index < -0.39 is 0 Å². The van der Waals surface area contributed by atoms with E-state index in [1.54, 1.807) is 0 Å². The minimum Gasteiger partial charge on any atom is -0.314 e. The molecule has 78 valence electrons. The fourth-order valence-corrected chi connectivity index (χ4v) is 1.89. The number of hydrogen-bond donors (Lipinski definition) is 1. The second kappa shape index (κ2) is 4.97. The summed E-state index contributed by atoms with van der Waals surface area (Å²) in [6, 6.07) is 1.39. The van der Waals surface area contributed by atoms with Crippen LogP contribution in [0.1, 0.15) is 34.1 Å². The van der Waals surface area contributed by atoms with E-state index in [9.17, 15) is 0 Å². The summed E-state index contributed by atoms with van der Waals surface area (Å²) in [5.74, 6) is 0.783. The maximum absolute atomic E-state index is 3.57. The SMILES string of the molecule is CC1CNC(C)CCN(C(C)C)C1. The molecule has 2 heteroatoms. The lowest BCUT2D eigenvalue weighted by Crippen LogP contribution is -2.44. The van der Waals surface area contributed by atoms with Crippen molar-refractivity contribution in [3.05, 3.63) is 0 Å². The second-order valence-corrected chi connectivity index (χ2v) is 4.79. The Balaban J connectivity index is 2.46. The standard InChI is InChI=1S/C11H24N2/c1-9(2)13-6-5-11(4)12-7-10(3)8-13/h9-12H,5-8H2,1-4H3. The summed E-state index contributed by atoms with van der Waals surface area (Å²) in [6.07, 6.45) is 1.28. The Hall–Kier alpha value is -0.0800. The van der Waals surface area contributed by atoms with Crippen molar-refractivity contribution in [3.8, 4) is 0 Å². The minimum atomic E-state index is 0.684. The maximum atomic E-state index is 3.57. The molecule has 1 aliphatic rings. The van der Waals surface area contributed by atoms with Gasteiger partial charge in [0.05, 0.1) is 0 Å². The molecule has 2 atom stereocenters. The molecule has 0 saturated carbocycles. The summed E-state index contributed by atoms with van der Waals surface area (Å²) >= 11 is 0. The molecule has 0 bridgehead atoms. The van der Waals surface area contributed by atoms with Gasteiger partial charge in [0.25, 0.3) is 0 Å². The molecule has 1 heterocycles. The summed E-state index contributed by atoms with van der Waals surface area (Å²) in [5, 5.41) is 3.57. The fraction of sp³-hybridized carbons (Fsp3) is 1.00. The molecule has 1 aliphatic heterocycles. The number of hydrogen-bond acceptors (Lipinski definition) is 2. The Morgan fingerprint density at radius 3 is 2.62 bits per heavy atom. The van der Waals surface area contributed by atoms with E-state index in [-0.39, 0.29) is 0 Å². The molecule has 0 aromatic carbocycles. The van der Waals surface area contributed by atoms with Crippen molar-refractivity contribution in [1.29, 1.82) is 0 Å². The van der Waals surface area contributed by atoms with Crippen molar-refractivity contribution in [2.75, 3.05) is 19.6 Å². The van der Waals surface area contributed by atoms with Gasteiger partial charge in [0.1, 0.15) is 0 Å². The van der Waals surface area contributed by atoms with E-state index in [0.29, 0.717) is 12.1 Å². The van der Waals surface area contributed by atoms with Gasteiger partial charge in [-0.05, 0) is 46.2 Å². The summed E-state index contributed by atoms with van der Waals surface area (Å²) in [5.41, 5.74) is 0. The Morgan fingerprint density at radius 1 is 1.31 bits per heavy atom. The molecule has 13 heavy (non-hydrogen) atoms. The Kier molecular flexibility index (Phi) is 4.20. The van der Waals surface area contributed by atoms with Crippen LogP contribution in [0.4, 0.5) is 0 Å². The molecule has 2 nitrogen and oxygen atoms in total. The first-order valence-electron chi connectivity index (χ1n) is 5.57. The molecule has 0 aromatic rings. The molecule has 1 fully saturated rings. The average Bonchev–Trinajstić information content (AvgIpc) is 2.05. The summed E-state index contributed by atoms with van der Waals surface area (Å²) in [4.78, 5) is 2.60. The Bertz CT molecular complexity index is 145. The summed E-state index contributed by atoms with van der Waals surface area (Å²) in [7, 11) is 0. The van der Waals surface area contributed by atoms with E-state index in [1.165, 1.54) is 26.1 Å². The first-order valence-corrected chi connectivity index (χ1v) is 5.57. The van der Waals surface area contributed by atoms with Gasteiger partial charge in [-0.15, -0.1) is 0 Å². The molecule has 2 unspecified atom stereocenters. The maximum Gasteiger partial charge on any atom is 0.00510 e. The highest BCUT2D eigenvalue weighted by molar-refractivity contribution is 4.75. The second-order valence-electron chi connectivity index (χ2n) is 4.79. The zero-order chi connectivity index (χ0) is 9.84. The molecular formula is C11H24N2. The predicted molar refractivity (Wildman–Crippen MR) is 58.0 cm³/mol. The molecule has 1 saturated heterocycles. The summed E-state index contributed by atoms with van der Waals surface area (Å²) in [6.45, 7) is 12.9. The van der Waals surface area contributed by atoms with Gasteiger partial charge >= 0.3 is 0 Å². The highest BCUT2D eigenvalue weighted by Crippen LogP contribution is 2.09. The number of rotatable bonds is 1. The van der Waals surface area contributed by atoms with Gasteiger partial charge in [-0.1, -0.05) is 6.92 Å². The average molecular weight is 184 g/mol. The lowest BCUT2D eigenvalue weighted by atomic mass is 10.1. The third-order valence-corrected chi connectivity index (χ3v) is 2.94.